The molecule has 1 aliphatic rings. The maximum Gasteiger partial charge on any atom is 0.586 e. The average Bonchev–Trinajstić information content (AvgIpc) is 3.51. The fraction of sp³-hybridized carbons (Fsp3) is 0.200. The van der Waals surface area contributed by atoms with Crippen LogP contribution in [0, 0.1) is 0 Å². The summed E-state index contributed by atoms with van der Waals surface area (Å²) in [7, 11) is -1.79. The van der Waals surface area contributed by atoms with Crippen LogP contribution in [0.15, 0.2) is 52.1 Å². The molecule has 0 aliphatic carbocycles. The Labute approximate surface area is 190 Å². The number of nitrogens with zero attached hydrogens (tertiary/aromatic N) is 3. The largest absolute Gasteiger partial charge is 0.586 e. The summed E-state index contributed by atoms with van der Waals surface area (Å²) in [5.41, 5.74) is 0.257. The molecule has 1 aliphatic heterocycles. The number of ether oxygens (including phenoxy) is 4. The summed E-state index contributed by atoms with van der Waals surface area (Å²) in [6, 6.07) is 7.46. The summed E-state index contributed by atoms with van der Waals surface area (Å²) in [6.45, 7) is 0.0604. The second kappa shape index (κ2) is 7.76. The Kier molecular flexibility index (Phi) is 4.97. The van der Waals surface area contributed by atoms with Crippen molar-refractivity contribution < 1.29 is 40.7 Å². The number of halogens is 2. The van der Waals surface area contributed by atoms with Gasteiger partial charge in [0.2, 0.25) is 0 Å². The van der Waals surface area contributed by atoms with Crippen LogP contribution in [0.2, 0.25) is 0 Å². The number of nitrogens with one attached hydrogen (secondary N) is 1. The van der Waals surface area contributed by atoms with Gasteiger partial charge in [0.15, 0.2) is 27.8 Å². The third-order valence-electron chi connectivity index (χ3n) is 4.96. The van der Waals surface area contributed by atoms with E-state index in [-0.39, 0.29) is 51.0 Å². The maximum absolute atomic E-state index is 14.1. The first-order chi connectivity index (χ1) is 16.2. The normalized spacial score (nSPS) is 14.4. The van der Waals surface area contributed by atoms with Crippen molar-refractivity contribution in [1.29, 1.82) is 0 Å². The fourth-order valence-electron chi connectivity index (χ4n) is 3.59. The van der Waals surface area contributed by atoms with Gasteiger partial charge in [-0.3, -0.25) is 9.40 Å². The van der Waals surface area contributed by atoms with Crippen LogP contribution in [0.1, 0.15) is 5.56 Å². The van der Waals surface area contributed by atoms with Crippen LogP contribution in [0.3, 0.4) is 0 Å². The van der Waals surface area contributed by atoms with Gasteiger partial charge in [-0.2, -0.15) is 5.10 Å². The first kappa shape index (κ1) is 21.8. The van der Waals surface area contributed by atoms with Gasteiger partial charge in [-0.1, -0.05) is 11.2 Å². The lowest BCUT2D eigenvalue weighted by Crippen LogP contribution is -2.26. The van der Waals surface area contributed by atoms with Gasteiger partial charge in [-0.05, 0) is 24.3 Å². The van der Waals surface area contributed by atoms with Gasteiger partial charge in [-0.25, -0.2) is 8.42 Å². The number of hydrogen-bond acceptors (Lipinski definition) is 9. The minimum Gasteiger partial charge on any atom is -0.495 e. The Hall–Kier alpha value is -4.07. The molecular formula is C20H16F2N4O7S. The second-order valence-electron chi connectivity index (χ2n) is 7.07. The highest BCUT2D eigenvalue weighted by Crippen LogP contribution is 2.50. The van der Waals surface area contributed by atoms with E-state index in [9.17, 15) is 17.2 Å². The van der Waals surface area contributed by atoms with Crippen LogP contribution in [0.4, 0.5) is 14.6 Å². The van der Waals surface area contributed by atoms with Gasteiger partial charge in [0.05, 0.1) is 20.8 Å². The average molecular weight is 494 g/mol. The first-order valence-electron chi connectivity index (χ1n) is 9.65. The van der Waals surface area contributed by atoms with E-state index in [0.29, 0.717) is 0 Å². The van der Waals surface area contributed by atoms with E-state index in [1.165, 1.54) is 43.3 Å². The highest BCUT2D eigenvalue weighted by atomic mass is 32.2. The molecule has 0 unspecified atom stereocenters. The van der Waals surface area contributed by atoms with Gasteiger partial charge in [0.1, 0.15) is 16.9 Å². The number of alkyl halides is 2. The number of fused-ring (bicyclic) bond motifs is 3. The molecule has 178 valence electrons. The molecule has 5 rings (SSSR count). The molecule has 0 saturated carbocycles. The molecule has 0 spiro atoms. The number of benzene rings is 2. The van der Waals surface area contributed by atoms with E-state index in [2.05, 4.69) is 15.0 Å². The minimum absolute atomic E-state index is 0.00231. The molecule has 1 N–H and O–H groups in total. The molecule has 0 amide bonds. The molecule has 4 aromatic rings. The van der Waals surface area contributed by atoms with Crippen LogP contribution in [-0.2, 0) is 16.6 Å². The van der Waals surface area contributed by atoms with E-state index in [1.807, 2.05) is 0 Å². The standard InChI is InChI=1S/C20H16F2N4O7S/c1-29-12-5-3-6-13(30-2)18(12)34(27,28)25-19-15-14(33-24-19)9-11(10-26-8-4-7-23-26)16-17(15)32-20(21,22)31-16/h3-9H,10H2,1-2H3,(H,24,25). The van der Waals surface area contributed by atoms with Gasteiger partial charge in [0, 0.05) is 18.0 Å². The number of aromatic nitrogens is 3. The van der Waals surface area contributed by atoms with Gasteiger partial charge in [-0.15, -0.1) is 8.78 Å². The van der Waals surface area contributed by atoms with E-state index >= 15 is 0 Å². The summed E-state index contributed by atoms with van der Waals surface area (Å²) in [4.78, 5) is -0.314. The summed E-state index contributed by atoms with van der Waals surface area (Å²) in [6.07, 6.45) is -0.821. The highest BCUT2D eigenvalue weighted by molar-refractivity contribution is 7.93. The van der Waals surface area contributed by atoms with E-state index in [0.717, 1.165) is 0 Å². The molecule has 0 bridgehead atoms. The Bertz CT molecular complexity index is 1460. The molecule has 0 fully saturated rings. The van der Waals surface area contributed by atoms with Crippen LogP contribution < -0.4 is 23.7 Å². The third kappa shape index (κ3) is 3.61. The number of rotatable bonds is 7. The van der Waals surface area contributed by atoms with E-state index < -0.39 is 22.1 Å². The Morgan fingerprint density at radius 1 is 1.12 bits per heavy atom. The van der Waals surface area contributed by atoms with Gasteiger partial charge >= 0.3 is 6.29 Å². The van der Waals surface area contributed by atoms with Crippen LogP contribution in [0.5, 0.6) is 23.0 Å². The predicted molar refractivity (Wildman–Crippen MR) is 112 cm³/mol. The molecule has 2 aromatic heterocycles. The van der Waals surface area contributed by atoms with Crippen molar-refractivity contribution in [3.05, 3.63) is 48.3 Å². The maximum atomic E-state index is 14.1. The third-order valence-corrected chi connectivity index (χ3v) is 6.37. The molecule has 11 nitrogen and oxygen atoms in total. The van der Waals surface area contributed by atoms with Crippen LogP contribution in [0.25, 0.3) is 11.0 Å². The summed E-state index contributed by atoms with van der Waals surface area (Å²) < 4.78 is 83.3. The zero-order valence-electron chi connectivity index (χ0n) is 17.6. The fourth-order valence-corrected chi connectivity index (χ4v) is 4.92. The number of methoxy groups -OCH3 is 2. The van der Waals surface area contributed by atoms with Gasteiger partial charge in [0.25, 0.3) is 10.0 Å². The molecule has 0 atom stereocenters. The van der Waals surface area contributed by atoms with Crippen LogP contribution in [-0.4, -0.2) is 43.9 Å². The smallest absolute Gasteiger partial charge is 0.495 e. The molecule has 34 heavy (non-hydrogen) atoms. The Morgan fingerprint density at radius 3 is 2.47 bits per heavy atom. The molecule has 0 saturated heterocycles. The summed E-state index contributed by atoms with van der Waals surface area (Å²) >= 11 is 0. The zero-order valence-corrected chi connectivity index (χ0v) is 18.4. The predicted octanol–water partition coefficient (Wildman–Crippen LogP) is 3.21. The first-order valence-corrected chi connectivity index (χ1v) is 11.1. The van der Waals surface area contributed by atoms with Crippen molar-refractivity contribution in [3.8, 4) is 23.0 Å². The molecular weight excluding hydrogens is 478 g/mol. The molecule has 2 aromatic carbocycles. The van der Waals surface area contributed by atoms with Crippen molar-refractivity contribution in [2.45, 2.75) is 17.7 Å². The zero-order chi connectivity index (χ0) is 24.1. The monoisotopic (exact) mass is 494 g/mol. The van der Waals surface area contributed by atoms with Crippen molar-refractivity contribution in [2.24, 2.45) is 0 Å². The number of anilines is 1. The van der Waals surface area contributed by atoms with E-state index in [1.54, 1.807) is 18.3 Å². The quantitative estimate of drug-likeness (QED) is 0.412. The second-order valence-corrected chi connectivity index (χ2v) is 8.69. The lowest BCUT2D eigenvalue weighted by molar-refractivity contribution is -0.286. The Balaban J connectivity index is 1.62. The van der Waals surface area contributed by atoms with Crippen molar-refractivity contribution in [1.82, 2.24) is 14.9 Å². The number of sulfonamides is 1. The number of hydrogen-bond donors (Lipinski definition) is 1. The van der Waals surface area contributed by atoms with Crippen molar-refractivity contribution >= 4 is 26.8 Å². The van der Waals surface area contributed by atoms with Crippen molar-refractivity contribution in [3.63, 3.8) is 0 Å². The van der Waals surface area contributed by atoms with E-state index in [4.69, 9.17) is 23.5 Å². The summed E-state index contributed by atoms with van der Waals surface area (Å²) in [5.74, 6) is -1.09. The highest BCUT2D eigenvalue weighted by Gasteiger charge is 2.47. The topological polar surface area (TPSA) is 127 Å². The lowest BCUT2D eigenvalue weighted by Gasteiger charge is -2.13. The molecule has 3 heterocycles. The summed E-state index contributed by atoms with van der Waals surface area (Å²) in [5, 5.41) is 7.63. The Morgan fingerprint density at radius 2 is 1.82 bits per heavy atom. The molecule has 0 radical (unpaired) electrons. The minimum atomic E-state index is -4.38. The molecule has 14 heteroatoms. The lowest BCUT2D eigenvalue weighted by atomic mass is 10.1. The van der Waals surface area contributed by atoms with Crippen LogP contribution >= 0.6 is 0 Å². The van der Waals surface area contributed by atoms with Gasteiger partial charge < -0.3 is 23.5 Å². The van der Waals surface area contributed by atoms with Crippen molar-refractivity contribution in [2.75, 3.05) is 18.9 Å². The SMILES string of the molecule is COc1cccc(OC)c1S(=O)(=O)Nc1noc2cc(Cn3cccn3)c3c(c12)OC(F)(F)O3.